The Bertz CT molecular complexity index is 734. The molecule has 27 heavy (non-hydrogen) atoms. The van der Waals surface area contributed by atoms with Crippen molar-refractivity contribution >= 4 is 17.3 Å². The van der Waals surface area contributed by atoms with Gasteiger partial charge in [-0.25, -0.2) is 0 Å². The minimum absolute atomic E-state index is 0.0528. The first-order chi connectivity index (χ1) is 12.9. The number of aliphatic imine (C=N–C) groups is 1. The summed E-state index contributed by atoms with van der Waals surface area (Å²) in [6, 6.07) is 8.88. The number of hydrogen-bond acceptors (Lipinski definition) is 4. The lowest BCUT2D eigenvalue weighted by molar-refractivity contribution is -0.153. The fourth-order valence-corrected chi connectivity index (χ4v) is 2.98. The molecule has 1 aromatic heterocycles. The predicted octanol–water partition coefficient (Wildman–Crippen LogP) is 3.61. The molecule has 1 aromatic carbocycles. The van der Waals surface area contributed by atoms with Crippen LogP contribution in [0.1, 0.15) is 10.4 Å². The quantitative estimate of drug-likeness (QED) is 0.524. The van der Waals surface area contributed by atoms with E-state index in [1.165, 1.54) is 18.1 Å². The fourth-order valence-electron chi connectivity index (χ4n) is 2.27. The molecule has 0 saturated carbocycles. The molecule has 148 valence electrons. The summed E-state index contributed by atoms with van der Waals surface area (Å²) in [6.45, 7) is -0.177. The van der Waals surface area contributed by atoms with E-state index in [9.17, 15) is 13.2 Å². The van der Waals surface area contributed by atoms with Gasteiger partial charge in [-0.3, -0.25) is 4.99 Å². The van der Waals surface area contributed by atoms with Gasteiger partial charge < -0.3 is 20.1 Å². The number of nitrogens with zero attached hydrogens (tertiary/aromatic N) is 1. The summed E-state index contributed by atoms with van der Waals surface area (Å²) in [4.78, 5) is 5.44. The van der Waals surface area contributed by atoms with E-state index in [0.717, 1.165) is 18.5 Å². The Kier molecular flexibility index (Phi) is 7.78. The molecule has 2 aromatic rings. The van der Waals surface area contributed by atoms with E-state index in [1.807, 2.05) is 11.4 Å². The second-order valence-electron chi connectivity index (χ2n) is 5.57. The SMILES string of the molecule is CN=C(NCCc1cccs1)NCc1ccc(OCC(F)(F)F)c(OC)c1. The molecule has 0 fully saturated rings. The predicted molar refractivity (Wildman–Crippen MR) is 101 cm³/mol. The Balaban J connectivity index is 1.86. The van der Waals surface area contributed by atoms with Crippen LogP contribution in [0, 0.1) is 0 Å². The molecule has 0 amide bonds. The number of thiophene rings is 1. The molecular formula is C18H22F3N3O2S. The van der Waals surface area contributed by atoms with Crippen LogP contribution >= 0.6 is 11.3 Å². The Hall–Kier alpha value is -2.42. The summed E-state index contributed by atoms with van der Waals surface area (Å²) in [7, 11) is 3.06. The van der Waals surface area contributed by atoms with Crippen molar-refractivity contribution in [1.29, 1.82) is 0 Å². The molecule has 0 spiro atoms. The number of guanidine groups is 1. The van der Waals surface area contributed by atoms with Crippen LogP contribution in [-0.2, 0) is 13.0 Å². The summed E-state index contributed by atoms with van der Waals surface area (Å²) >= 11 is 1.71. The van der Waals surface area contributed by atoms with Crippen molar-refractivity contribution in [1.82, 2.24) is 10.6 Å². The molecule has 0 radical (unpaired) electrons. The Morgan fingerprint density at radius 1 is 1.19 bits per heavy atom. The monoisotopic (exact) mass is 401 g/mol. The van der Waals surface area contributed by atoms with Crippen LogP contribution in [0.4, 0.5) is 13.2 Å². The first kappa shape index (κ1) is 20.9. The van der Waals surface area contributed by atoms with Gasteiger partial charge in [0.2, 0.25) is 0 Å². The zero-order chi connectivity index (χ0) is 19.7. The highest BCUT2D eigenvalue weighted by molar-refractivity contribution is 7.09. The normalized spacial score (nSPS) is 12.0. The van der Waals surface area contributed by atoms with Gasteiger partial charge in [0, 0.05) is 25.0 Å². The van der Waals surface area contributed by atoms with Crippen LogP contribution < -0.4 is 20.1 Å². The van der Waals surface area contributed by atoms with E-state index in [-0.39, 0.29) is 11.5 Å². The highest BCUT2D eigenvalue weighted by Crippen LogP contribution is 2.29. The van der Waals surface area contributed by atoms with Crippen molar-refractivity contribution in [2.24, 2.45) is 4.99 Å². The van der Waals surface area contributed by atoms with E-state index in [4.69, 9.17) is 9.47 Å². The van der Waals surface area contributed by atoms with Gasteiger partial charge in [-0.2, -0.15) is 13.2 Å². The van der Waals surface area contributed by atoms with Gasteiger partial charge in [-0.05, 0) is 35.6 Å². The summed E-state index contributed by atoms with van der Waals surface area (Å²) in [5, 5.41) is 8.42. The van der Waals surface area contributed by atoms with Crippen LogP contribution in [0.5, 0.6) is 11.5 Å². The minimum Gasteiger partial charge on any atom is -0.493 e. The Morgan fingerprint density at radius 3 is 2.63 bits per heavy atom. The number of rotatable bonds is 8. The second-order valence-corrected chi connectivity index (χ2v) is 6.60. The van der Waals surface area contributed by atoms with E-state index in [1.54, 1.807) is 30.5 Å². The molecule has 0 aliphatic heterocycles. The van der Waals surface area contributed by atoms with Crippen molar-refractivity contribution in [2.75, 3.05) is 27.3 Å². The van der Waals surface area contributed by atoms with Crippen molar-refractivity contribution < 1.29 is 22.6 Å². The minimum atomic E-state index is -4.40. The lowest BCUT2D eigenvalue weighted by Gasteiger charge is -2.15. The van der Waals surface area contributed by atoms with E-state index in [0.29, 0.717) is 12.5 Å². The first-order valence-electron chi connectivity index (χ1n) is 8.24. The third-order valence-electron chi connectivity index (χ3n) is 3.55. The first-order valence-corrected chi connectivity index (χ1v) is 9.12. The van der Waals surface area contributed by atoms with Gasteiger partial charge in [-0.15, -0.1) is 11.3 Å². The molecule has 0 aliphatic rings. The number of benzene rings is 1. The molecule has 5 nitrogen and oxygen atoms in total. The second kappa shape index (κ2) is 10.1. The molecule has 0 aliphatic carbocycles. The van der Waals surface area contributed by atoms with Crippen molar-refractivity contribution in [3.63, 3.8) is 0 Å². The maximum Gasteiger partial charge on any atom is 0.422 e. The highest BCUT2D eigenvalue weighted by Gasteiger charge is 2.29. The summed E-state index contributed by atoms with van der Waals surface area (Å²) < 4.78 is 46.8. The summed E-state index contributed by atoms with van der Waals surface area (Å²) in [5.74, 6) is 0.944. The molecule has 2 rings (SSSR count). The molecule has 1 heterocycles. The summed E-state index contributed by atoms with van der Waals surface area (Å²) in [5.41, 5.74) is 0.826. The molecule has 0 saturated heterocycles. The maximum absolute atomic E-state index is 12.3. The number of ether oxygens (including phenoxy) is 2. The number of methoxy groups -OCH3 is 1. The van der Waals surface area contributed by atoms with Crippen LogP contribution in [0.25, 0.3) is 0 Å². The van der Waals surface area contributed by atoms with E-state index < -0.39 is 12.8 Å². The lowest BCUT2D eigenvalue weighted by atomic mass is 10.2. The van der Waals surface area contributed by atoms with Crippen molar-refractivity contribution in [3.8, 4) is 11.5 Å². The smallest absolute Gasteiger partial charge is 0.422 e. The van der Waals surface area contributed by atoms with E-state index >= 15 is 0 Å². The zero-order valence-electron chi connectivity index (χ0n) is 15.1. The standard InChI is InChI=1S/C18H22F3N3O2S/c1-22-17(23-8-7-14-4-3-9-27-14)24-11-13-5-6-15(16(10-13)25-2)26-12-18(19,20)21/h3-6,9-10H,7-8,11-12H2,1-2H3,(H2,22,23,24). The van der Waals surface area contributed by atoms with Crippen LogP contribution in [0.2, 0.25) is 0 Å². The molecule has 0 atom stereocenters. The van der Waals surface area contributed by atoms with Gasteiger partial charge >= 0.3 is 6.18 Å². The molecule has 0 unspecified atom stereocenters. The van der Waals surface area contributed by atoms with Gasteiger partial charge in [-0.1, -0.05) is 12.1 Å². The third-order valence-corrected chi connectivity index (χ3v) is 4.48. The third kappa shape index (κ3) is 7.38. The zero-order valence-corrected chi connectivity index (χ0v) is 15.9. The Labute approximate surface area is 160 Å². The van der Waals surface area contributed by atoms with Gasteiger partial charge in [0.15, 0.2) is 24.1 Å². The van der Waals surface area contributed by atoms with Gasteiger partial charge in [0.1, 0.15) is 0 Å². The van der Waals surface area contributed by atoms with Crippen molar-refractivity contribution in [2.45, 2.75) is 19.1 Å². The average Bonchev–Trinajstić information content (AvgIpc) is 3.15. The lowest BCUT2D eigenvalue weighted by Crippen LogP contribution is -2.37. The summed E-state index contributed by atoms with van der Waals surface area (Å²) in [6.07, 6.45) is -3.50. The number of hydrogen-bond donors (Lipinski definition) is 2. The van der Waals surface area contributed by atoms with E-state index in [2.05, 4.69) is 21.7 Å². The largest absolute Gasteiger partial charge is 0.493 e. The topological polar surface area (TPSA) is 54.9 Å². The number of nitrogens with one attached hydrogen (secondary N) is 2. The van der Waals surface area contributed by atoms with Crippen LogP contribution in [0.3, 0.4) is 0 Å². The van der Waals surface area contributed by atoms with Crippen LogP contribution in [-0.4, -0.2) is 39.4 Å². The van der Waals surface area contributed by atoms with Crippen LogP contribution in [0.15, 0.2) is 40.7 Å². The van der Waals surface area contributed by atoms with Gasteiger partial charge in [0.25, 0.3) is 0 Å². The average molecular weight is 401 g/mol. The molecule has 2 N–H and O–H groups in total. The molecule has 9 heteroatoms. The Morgan fingerprint density at radius 2 is 2.00 bits per heavy atom. The van der Waals surface area contributed by atoms with Crippen molar-refractivity contribution in [3.05, 3.63) is 46.2 Å². The molecular weight excluding hydrogens is 379 g/mol. The highest BCUT2D eigenvalue weighted by atomic mass is 32.1. The maximum atomic E-state index is 12.3. The number of halogens is 3. The fraction of sp³-hybridized carbons (Fsp3) is 0.389. The van der Waals surface area contributed by atoms with Gasteiger partial charge in [0.05, 0.1) is 7.11 Å². The number of alkyl halides is 3. The molecule has 0 bridgehead atoms.